The topological polar surface area (TPSA) is 41.6 Å². The summed E-state index contributed by atoms with van der Waals surface area (Å²) in [6.45, 7) is 12.2. The van der Waals surface area contributed by atoms with Crippen LogP contribution in [0.1, 0.15) is 34.1 Å². The van der Waals surface area contributed by atoms with Crippen LogP contribution in [0.25, 0.3) is 0 Å². The van der Waals surface area contributed by atoms with Crippen LogP contribution >= 0.6 is 0 Å². The molecule has 0 aliphatic rings. The molecule has 0 aliphatic heterocycles. The van der Waals surface area contributed by atoms with E-state index in [4.69, 9.17) is 4.74 Å². The van der Waals surface area contributed by atoms with Crippen LogP contribution in [0.2, 0.25) is 0 Å². The molecule has 1 N–H and O–H groups in total. The molecular formula is C12H26N2O2. The summed E-state index contributed by atoms with van der Waals surface area (Å²) in [6.07, 6.45) is 1.11. The Balaban J connectivity index is 3.40. The van der Waals surface area contributed by atoms with Crippen LogP contribution in [0.15, 0.2) is 0 Å². The molecule has 0 aliphatic carbocycles. The van der Waals surface area contributed by atoms with Crippen LogP contribution in [0.3, 0.4) is 0 Å². The average molecular weight is 230 g/mol. The Morgan fingerprint density at radius 1 is 1.31 bits per heavy atom. The highest BCUT2D eigenvalue weighted by molar-refractivity contribution is 5.77. The van der Waals surface area contributed by atoms with E-state index in [9.17, 15) is 4.79 Å². The third-order valence-electron chi connectivity index (χ3n) is 2.42. The third-order valence-corrected chi connectivity index (χ3v) is 2.42. The number of rotatable bonds is 9. The van der Waals surface area contributed by atoms with Crippen LogP contribution in [0.4, 0.5) is 0 Å². The van der Waals surface area contributed by atoms with Crippen LogP contribution in [-0.2, 0) is 9.53 Å². The first-order chi connectivity index (χ1) is 7.60. The lowest BCUT2D eigenvalue weighted by Gasteiger charge is -2.17. The van der Waals surface area contributed by atoms with E-state index in [2.05, 4.69) is 24.1 Å². The lowest BCUT2D eigenvalue weighted by Crippen LogP contribution is -2.32. The minimum Gasteiger partial charge on any atom is -0.369 e. The zero-order valence-corrected chi connectivity index (χ0v) is 11.1. The fraction of sp³-hybridized carbons (Fsp3) is 0.917. The zero-order valence-electron chi connectivity index (χ0n) is 11.1. The molecule has 0 heterocycles. The van der Waals surface area contributed by atoms with E-state index in [1.54, 1.807) is 0 Å². The highest BCUT2D eigenvalue weighted by Gasteiger charge is 2.03. The van der Waals surface area contributed by atoms with Crippen LogP contribution in [-0.4, -0.2) is 49.7 Å². The van der Waals surface area contributed by atoms with Gasteiger partial charge in [-0.05, 0) is 39.9 Å². The Morgan fingerprint density at radius 3 is 2.44 bits per heavy atom. The van der Waals surface area contributed by atoms with Gasteiger partial charge in [0.2, 0.25) is 5.91 Å². The SMILES string of the molecule is CCN(CC)CCCNC(=O)COC(C)C. The number of amides is 1. The number of ether oxygens (including phenoxy) is 1. The maximum absolute atomic E-state index is 11.3. The summed E-state index contributed by atoms with van der Waals surface area (Å²) < 4.78 is 5.20. The molecule has 0 radical (unpaired) electrons. The number of carbonyl (C=O) groups is 1. The smallest absolute Gasteiger partial charge is 0.246 e. The second-order valence-corrected chi connectivity index (χ2v) is 4.09. The molecule has 0 saturated carbocycles. The van der Waals surface area contributed by atoms with Gasteiger partial charge in [0.25, 0.3) is 0 Å². The van der Waals surface area contributed by atoms with E-state index in [-0.39, 0.29) is 18.6 Å². The fourth-order valence-corrected chi connectivity index (χ4v) is 1.36. The summed E-state index contributed by atoms with van der Waals surface area (Å²) in [7, 11) is 0. The van der Waals surface area contributed by atoms with Crippen molar-refractivity contribution in [3.63, 3.8) is 0 Å². The number of carbonyl (C=O) groups excluding carboxylic acids is 1. The largest absolute Gasteiger partial charge is 0.369 e. The molecule has 0 spiro atoms. The van der Waals surface area contributed by atoms with E-state index in [1.165, 1.54) is 0 Å². The second-order valence-electron chi connectivity index (χ2n) is 4.09. The Labute approximate surface area is 99.3 Å². The molecule has 0 saturated heterocycles. The van der Waals surface area contributed by atoms with E-state index in [0.29, 0.717) is 0 Å². The minimum atomic E-state index is -0.0201. The Hall–Kier alpha value is -0.610. The molecule has 0 atom stereocenters. The van der Waals surface area contributed by atoms with Crippen molar-refractivity contribution in [1.29, 1.82) is 0 Å². The molecule has 4 nitrogen and oxygen atoms in total. The minimum absolute atomic E-state index is 0.0201. The summed E-state index contributed by atoms with van der Waals surface area (Å²) in [5.74, 6) is -0.0201. The van der Waals surface area contributed by atoms with Gasteiger partial charge >= 0.3 is 0 Å². The predicted octanol–water partition coefficient (Wildman–Crippen LogP) is 1.26. The molecule has 0 fully saturated rings. The lowest BCUT2D eigenvalue weighted by atomic mass is 10.3. The van der Waals surface area contributed by atoms with Crippen molar-refractivity contribution in [2.45, 2.75) is 40.2 Å². The third kappa shape index (κ3) is 8.68. The maximum Gasteiger partial charge on any atom is 0.246 e. The fourth-order valence-electron chi connectivity index (χ4n) is 1.36. The van der Waals surface area contributed by atoms with Crippen molar-refractivity contribution in [1.82, 2.24) is 10.2 Å². The number of hydrogen-bond acceptors (Lipinski definition) is 3. The average Bonchev–Trinajstić information content (AvgIpc) is 2.26. The maximum atomic E-state index is 11.3. The molecule has 0 rings (SSSR count). The van der Waals surface area contributed by atoms with Crippen LogP contribution in [0.5, 0.6) is 0 Å². The first kappa shape index (κ1) is 15.4. The highest BCUT2D eigenvalue weighted by Crippen LogP contribution is 1.90. The molecule has 16 heavy (non-hydrogen) atoms. The lowest BCUT2D eigenvalue weighted by molar-refractivity contribution is -0.127. The van der Waals surface area contributed by atoms with E-state index < -0.39 is 0 Å². The van der Waals surface area contributed by atoms with E-state index in [0.717, 1.165) is 32.6 Å². The van der Waals surface area contributed by atoms with Gasteiger partial charge in [-0.15, -0.1) is 0 Å². The van der Waals surface area contributed by atoms with Gasteiger partial charge in [0.05, 0.1) is 6.10 Å². The van der Waals surface area contributed by atoms with Gasteiger partial charge in [0.15, 0.2) is 0 Å². The van der Waals surface area contributed by atoms with Crippen molar-refractivity contribution < 1.29 is 9.53 Å². The molecule has 4 heteroatoms. The number of hydrogen-bond donors (Lipinski definition) is 1. The highest BCUT2D eigenvalue weighted by atomic mass is 16.5. The molecule has 0 bridgehead atoms. The van der Waals surface area contributed by atoms with Crippen molar-refractivity contribution in [3.8, 4) is 0 Å². The zero-order chi connectivity index (χ0) is 12.4. The van der Waals surface area contributed by atoms with Gasteiger partial charge in [-0.25, -0.2) is 0 Å². The second kappa shape index (κ2) is 9.60. The first-order valence-electron chi connectivity index (χ1n) is 6.20. The summed E-state index contributed by atoms with van der Waals surface area (Å²) in [5.41, 5.74) is 0. The molecule has 0 aromatic heterocycles. The molecule has 1 amide bonds. The quantitative estimate of drug-likeness (QED) is 0.606. The molecule has 96 valence electrons. The summed E-state index contributed by atoms with van der Waals surface area (Å²) in [6, 6.07) is 0. The van der Waals surface area contributed by atoms with Gasteiger partial charge in [-0.3, -0.25) is 4.79 Å². The van der Waals surface area contributed by atoms with Gasteiger partial charge < -0.3 is 15.0 Å². The summed E-state index contributed by atoms with van der Waals surface area (Å²) >= 11 is 0. The number of nitrogens with one attached hydrogen (secondary N) is 1. The first-order valence-corrected chi connectivity index (χ1v) is 6.20. The van der Waals surface area contributed by atoms with E-state index >= 15 is 0 Å². The number of nitrogens with zero attached hydrogens (tertiary/aromatic N) is 1. The molecular weight excluding hydrogens is 204 g/mol. The standard InChI is InChI=1S/C12H26N2O2/c1-5-14(6-2)9-7-8-13-12(15)10-16-11(3)4/h11H,5-10H2,1-4H3,(H,13,15). The normalized spacial score (nSPS) is 11.1. The monoisotopic (exact) mass is 230 g/mol. The van der Waals surface area contributed by atoms with Gasteiger partial charge in [0, 0.05) is 6.54 Å². The molecule has 0 aromatic rings. The summed E-state index contributed by atoms with van der Waals surface area (Å²) in [4.78, 5) is 13.6. The van der Waals surface area contributed by atoms with Crippen molar-refractivity contribution in [2.75, 3.05) is 32.8 Å². The Morgan fingerprint density at radius 2 is 1.94 bits per heavy atom. The van der Waals surface area contributed by atoms with Crippen molar-refractivity contribution >= 4 is 5.91 Å². The molecule has 0 unspecified atom stereocenters. The van der Waals surface area contributed by atoms with Gasteiger partial charge in [-0.1, -0.05) is 13.8 Å². The summed E-state index contributed by atoms with van der Waals surface area (Å²) in [5, 5.41) is 2.85. The van der Waals surface area contributed by atoms with Crippen LogP contribution < -0.4 is 5.32 Å². The predicted molar refractivity (Wildman–Crippen MR) is 66.5 cm³/mol. The molecule has 0 aromatic carbocycles. The van der Waals surface area contributed by atoms with E-state index in [1.807, 2.05) is 13.8 Å². The van der Waals surface area contributed by atoms with Crippen molar-refractivity contribution in [2.24, 2.45) is 0 Å². The Bertz CT molecular complexity index is 180. The van der Waals surface area contributed by atoms with Crippen LogP contribution in [0, 0.1) is 0 Å². The van der Waals surface area contributed by atoms with Gasteiger partial charge in [0.1, 0.15) is 6.61 Å². The van der Waals surface area contributed by atoms with Gasteiger partial charge in [-0.2, -0.15) is 0 Å². The van der Waals surface area contributed by atoms with Crippen molar-refractivity contribution in [3.05, 3.63) is 0 Å². The Kier molecular flexibility index (Phi) is 9.24.